The third-order valence-corrected chi connectivity index (χ3v) is 5.23. The first-order valence-electron chi connectivity index (χ1n) is 10.2. The van der Waals surface area contributed by atoms with Crippen molar-refractivity contribution in [1.29, 1.82) is 0 Å². The quantitative estimate of drug-likeness (QED) is 0.688. The highest BCUT2D eigenvalue weighted by Gasteiger charge is 2.22. The monoisotopic (exact) mass is 404 g/mol. The first-order valence-corrected chi connectivity index (χ1v) is 10.2. The lowest BCUT2D eigenvalue weighted by molar-refractivity contribution is -0.132. The van der Waals surface area contributed by atoms with Crippen LogP contribution in [-0.2, 0) is 9.59 Å². The summed E-state index contributed by atoms with van der Waals surface area (Å²) >= 11 is 0. The predicted octanol–water partition coefficient (Wildman–Crippen LogP) is 1.97. The lowest BCUT2D eigenvalue weighted by atomic mass is 10.1. The van der Waals surface area contributed by atoms with Gasteiger partial charge < -0.3 is 20.2 Å². The Morgan fingerprint density at radius 2 is 1.72 bits per heavy atom. The molecule has 0 bridgehead atoms. The molecule has 1 aromatic rings. The number of hydrogen-bond donors (Lipinski definition) is 2. The van der Waals surface area contributed by atoms with Crippen LogP contribution < -0.4 is 10.2 Å². The van der Waals surface area contributed by atoms with Crippen LogP contribution >= 0.6 is 0 Å². The Hall–Kier alpha value is -2.61. The molecular weight excluding hydrogens is 372 g/mol. The number of aromatic carboxylic acids is 1. The van der Waals surface area contributed by atoms with Gasteiger partial charge in [-0.25, -0.2) is 4.79 Å². The summed E-state index contributed by atoms with van der Waals surface area (Å²) in [5, 5.41) is 12.2. The molecule has 29 heavy (non-hydrogen) atoms. The average Bonchev–Trinajstić information content (AvgIpc) is 2.69. The molecule has 1 fully saturated rings. The first kappa shape index (κ1) is 22.7. The fourth-order valence-corrected chi connectivity index (χ4v) is 3.32. The number of carbonyl (C=O) groups excluding carboxylic acids is 2. The van der Waals surface area contributed by atoms with Crippen molar-refractivity contribution in [2.75, 3.05) is 56.0 Å². The molecule has 0 unspecified atom stereocenters. The second-order valence-electron chi connectivity index (χ2n) is 7.51. The van der Waals surface area contributed by atoms with Crippen LogP contribution in [0.25, 0.3) is 0 Å². The zero-order valence-corrected chi connectivity index (χ0v) is 17.8. The van der Waals surface area contributed by atoms with E-state index in [1.807, 2.05) is 24.8 Å². The van der Waals surface area contributed by atoms with Crippen LogP contribution in [0.2, 0.25) is 0 Å². The van der Waals surface area contributed by atoms with Gasteiger partial charge in [0.05, 0.1) is 17.8 Å². The van der Waals surface area contributed by atoms with Gasteiger partial charge >= 0.3 is 5.97 Å². The Morgan fingerprint density at radius 3 is 2.24 bits per heavy atom. The van der Waals surface area contributed by atoms with E-state index in [-0.39, 0.29) is 23.3 Å². The zero-order valence-electron chi connectivity index (χ0n) is 17.8. The maximum atomic E-state index is 12.3. The topological polar surface area (TPSA) is 93.2 Å². The highest BCUT2D eigenvalue weighted by molar-refractivity contribution is 6.01. The molecule has 0 aromatic heterocycles. The van der Waals surface area contributed by atoms with E-state index in [4.69, 9.17) is 0 Å². The highest BCUT2D eigenvalue weighted by atomic mass is 16.4. The summed E-state index contributed by atoms with van der Waals surface area (Å²) in [4.78, 5) is 42.0. The normalized spacial score (nSPS) is 14.7. The number of rotatable bonds is 8. The number of nitrogens with zero attached hydrogens (tertiary/aromatic N) is 3. The number of likely N-dealkylation sites (N-methyl/N-ethyl adjacent to an activating group) is 1. The Bertz CT molecular complexity index is 738. The summed E-state index contributed by atoms with van der Waals surface area (Å²) in [5.41, 5.74) is 1.19. The van der Waals surface area contributed by atoms with Crippen molar-refractivity contribution in [3.05, 3.63) is 23.8 Å². The maximum absolute atomic E-state index is 12.3. The van der Waals surface area contributed by atoms with Crippen LogP contribution in [0.15, 0.2) is 18.2 Å². The van der Waals surface area contributed by atoms with E-state index >= 15 is 0 Å². The van der Waals surface area contributed by atoms with E-state index in [2.05, 4.69) is 15.1 Å². The molecule has 0 radical (unpaired) electrons. The minimum Gasteiger partial charge on any atom is -0.478 e. The molecule has 8 nitrogen and oxygen atoms in total. The third-order valence-electron chi connectivity index (χ3n) is 5.23. The van der Waals surface area contributed by atoms with Crippen LogP contribution in [0.3, 0.4) is 0 Å². The molecule has 1 aromatic carbocycles. The fraction of sp³-hybridized carbons (Fsp3) is 0.571. The number of benzene rings is 1. The molecule has 1 heterocycles. The van der Waals surface area contributed by atoms with E-state index in [0.29, 0.717) is 38.4 Å². The molecule has 0 atom stereocenters. The predicted molar refractivity (Wildman–Crippen MR) is 113 cm³/mol. The second-order valence-corrected chi connectivity index (χ2v) is 7.51. The Labute approximate surface area is 172 Å². The largest absolute Gasteiger partial charge is 0.478 e. The summed E-state index contributed by atoms with van der Waals surface area (Å²) < 4.78 is 0. The Balaban J connectivity index is 2.03. The molecule has 0 spiro atoms. The number of hydrogen-bond acceptors (Lipinski definition) is 5. The van der Waals surface area contributed by atoms with Gasteiger partial charge in [-0.2, -0.15) is 0 Å². The van der Waals surface area contributed by atoms with Crippen molar-refractivity contribution in [3.8, 4) is 0 Å². The number of amides is 2. The van der Waals surface area contributed by atoms with Crippen molar-refractivity contribution < 1.29 is 19.5 Å². The lowest BCUT2D eigenvalue weighted by Crippen LogP contribution is -2.50. The van der Waals surface area contributed by atoms with Crippen molar-refractivity contribution in [3.63, 3.8) is 0 Å². The number of piperazine rings is 1. The molecule has 2 amide bonds. The number of nitrogens with one attached hydrogen (secondary N) is 1. The van der Waals surface area contributed by atoms with Crippen LogP contribution in [-0.4, -0.2) is 78.5 Å². The summed E-state index contributed by atoms with van der Waals surface area (Å²) in [6, 6.07) is 5.09. The molecule has 0 saturated carbocycles. The molecule has 2 N–H and O–H groups in total. The van der Waals surface area contributed by atoms with Gasteiger partial charge in [0.15, 0.2) is 0 Å². The molecule has 1 aliphatic rings. The van der Waals surface area contributed by atoms with Crippen LogP contribution in [0.4, 0.5) is 11.4 Å². The highest BCUT2D eigenvalue weighted by Crippen LogP contribution is 2.25. The lowest BCUT2D eigenvalue weighted by Gasteiger charge is -2.36. The second kappa shape index (κ2) is 10.2. The first-order chi connectivity index (χ1) is 13.8. The van der Waals surface area contributed by atoms with Gasteiger partial charge in [0.25, 0.3) is 0 Å². The molecular formula is C21H32N4O4. The van der Waals surface area contributed by atoms with E-state index < -0.39 is 5.97 Å². The third kappa shape index (κ3) is 5.93. The average molecular weight is 405 g/mol. The number of carboxylic acid groups (broad SMARTS) is 1. The Morgan fingerprint density at radius 1 is 1.10 bits per heavy atom. The van der Waals surface area contributed by atoms with Crippen molar-refractivity contribution in [2.45, 2.75) is 27.7 Å². The molecule has 2 rings (SSSR count). The van der Waals surface area contributed by atoms with Gasteiger partial charge in [-0.05, 0) is 32.0 Å². The van der Waals surface area contributed by atoms with Crippen LogP contribution in [0, 0.1) is 5.92 Å². The van der Waals surface area contributed by atoms with Crippen LogP contribution in [0.5, 0.6) is 0 Å². The van der Waals surface area contributed by atoms with Crippen LogP contribution in [0.1, 0.15) is 38.1 Å². The van der Waals surface area contributed by atoms with E-state index in [0.717, 1.165) is 18.8 Å². The van der Waals surface area contributed by atoms with Crippen molar-refractivity contribution in [2.24, 2.45) is 5.92 Å². The summed E-state index contributed by atoms with van der Waals surface area (Å²) in [6.07, 6.45) is 0. The minimum atomic E-state index is -1.07. The van der Waals surface area contributed by atoms with Gasteiger partial charge in [0.2, 0.25) is 11.8 Å². The van der Waals surface area contributed by atoms with E-state index in [9.17, 15) is 19.5 Å². The van der Waals surface area contributed by atoms with Crippen molar-refractivity contribution >= 4 is 29.2 Å². The summed E-state index contributed by atoms with van der Waals surface area (Å²) in [5.74, 6) is -1.38. The minimum absolute atomic E-state index is 0.0793. The Kier molecular flexibility index (Phi) is 8.01. The van der Waals surface area contributed by atoms with Crippen molar-refractivity contribution in [1.82, 2.24) is 9.80 Å². The summed E-state index contributed by atoms with van der Waals surface area (Å²) in [7, 11) is 0. The number of anilines is 2. The van der Waals surface area contributed by atoms with Gasteiger partial charge in [0, 0.05) is 50.9 Å². The van der Waals surface area contributed by atoms with Gasteiger partial charge in [-0.15, -0.1) is 0 Å². The van der Waals surface area contributed by atoms with E-state index in [1.54, 1.807) is 26.0 Å². The molecule has 1 saturated heterocycles. The number of carbonyl (C=O) groups is 3. The standard InChI is InChI=1S/C21H32N4O4/c1-5-24(6-2)19(26)14-23-9-11-25(12-10-23)16-7-8-18(17(13-16)21(28)29)22-20(27)15(3)4/h7-8,13,15H,5-6,9-12,14H2,1-4H3,(H,22,27)(H,28,29). The van der Waals surface area contributed by atoms with Gasteiger partial charge in [-0.1, -0.05) is 13.8 Å². The number of carboxylic acids is 1. The van der Waals surface area contributed by atoms with Gasteiger partial charge in [0.1, 0.15) is 0 Å². The SMILES string of the molecule is CCN(CC)C(=O)CN1CCN(c2ccc(NC(=O)C(C)C)c(C(=O)O)c2)CC1. The smallest absolute Gasteiger partial charge is 0.337 e. The van der Waals surface area contributed by atoms with E-state index in [1.165, 1.54) is 0 Å². The summed E-state index contributed by atoms with van der Waals surface area (Å²) in [6.45, 7) is 12.2. The zero-order chi connectivity index (χ0) is 21.6. The fourth-order valence-electron chi connectivity index (χ4n) is 3.32. The molecule has 0 aliphatic carbocycles. The van der Waals surface area contributed by atoms with Gasteiger partial charge in [-0.3, -0.25) is 14.5 Å². The molecule has 1 aliphatic heterocycles. The maximum Gasteiger partial charge on any atom is 0.337 e. The molecule has 8 heteroatoms. The molecule has 160 valence electrons.